The Morgan fingerprint density at radius 2 is 2.10 bits per heavy atom. The zero-order chi connectivity index (χ0) is 15.2. The molecule has 0 bridgehead atoms. The summed E-state index contributed by atoms with van der Waals surface area (Å²) in [5.41, 5.74) is 3.10. The van der Waals surface area contributed by atoms with Crippen molar-refractivity contribution in [2.45, 2.75) is 6.54 Å². The summed E-state index contributed by atoms with van der Waals surface area (Å²) < 4.78 is 0. The van der Waals surface area contributed by atoms with Gasteiger partial charge in [0.05, 0.1) is 4.92 Å². The molecule has 1 aromatic carbocycles. The first-order chi connectivity index (χ1) is 10.1. The van der Waals surface area contributed by atoms with E-state index in [0.717, 1.165) is 0 Å². The van der Waals surface area contributed by atoms with E-state index in [-0.39, 0.29) is 18.1 Å². The summed E-state index contributed by atoms with van der Waals surface area (Å²) >= 11 is 0. The lowest BCUT2D eigenvalue weighted by molar-refractivity contribution is -0.385. The van der Waals surface area contributed by atoms with Crippen LogP contribution in [0.1, 0.15) is 15.9 Å². The lowest BCUT2D eigenvalue weighted by Gasteiger charge is -2.07. The first-order valence-electron chi connectivity index (χ1n) is 6.05. The molecule has 0 fully saturated rings. The van der Waals surface area contributed by atoms with E-state index < -0.39 is 4.92 Å². The predicted molar refractivity (Wildman–Crippen MR) is 76.3 cm³/mol. The molecule has 0 atom stereocenters. The molecular weight excluding hydrogens is 274 g/mol. The number of pyridine rings is 1. The maximum absolute atomic E-state index is 12.0. The summed E-state index contributed by atoms with van der Waals surface area (Å²) in [4.78, 5) is 26.3. The third kappa shape index (κ3) is 3.51. The van der Waals surface area contributed by atoms with Crippen LogP contribution in [-0.2, 0) is 6.54 Å². The van der Waals surface area contributed by atoms with E-state index in [1.54, 1.807) is 18.2 Å². The molecule has 21 heavy (non-hydrogen) atoms. The van der Waals surface area contributed by atoms with E-state index in [4.69, 9.17) is 5.84 Å². The molecule has 8 heteroatoms. The predicted octanol–water partition coefficient (Wildman–Crippen LogP) is 1.21. The molecule has 0 aliphatic heterocycles. The Morgan fingerprint density at radius 3 is 2.81 bits per heavy atom. The number of nitrogen functional groups attached to an aromatic ring is 1. The maximum Gasteiger partial charge on any atom is 0.274 e. The molecule has 0 spiro atoms. The number of nitrogens with zero attached hydrogens (tertiary/aromatic N) is 2. The number of nitrogens with one attached hydrogen (secondary N) is 2. The molecule has 0 saturated carbocycles. The summed E-state index contributed by atoms with van der Waals surface area (Å²) in [5.74, 6) is 5.20. The highest BCUT2D eigenvalue weighted by molar-refractivity contribution is 5.94. The first-order valence-corrected chi connectivity index (χ1v) is 6.05. The first kappa shape index (κ1) is 14.4. The van der Waals surface area contributed by atoms with Gasteiger partial charge in [0, 0.05) is 29.9 Å². The van der Waals surface area contributed by atoms with Crippen molar-refractivity contribution in [1.82, 2.24) is 10.3 Å². The molecule has 8 nitrogen and oxygen atoms in total. The van der Waals surface area contributed by atoms with Crippen LogP contribution in [0.2, 0.25) is 0 Å². The van der Waals surface area contributed by atoms with Gasteiger partial charge in [-0.1, -0.05) is 18.2 Å². The second kappa shape index (κ2) is 6.44. The third-order valence-corrected chi connectivity index (χ3v) is 2.80. The number of hydrogen-bond donors (Lipinski definition) is 3. The number of nitro benzene ring substituents is 1. The van der Waals surface area contributed by atoms with Gasteiger partial charge < -0.3 is 10.7 Å². The number of carbonyl (C=O) groups is 1. The van der Waals surface area contributed by atoms with Gasteiger partial charge in [0.1, 0.15) is 5.82 Å². The highest BCUT2D eigenvalue weighted by atomic mass is 16.6. The van der Waals surface area contributed by atoms with Crippen LogP contribution in [0.3, 0.4) is 0 Å². The molecule has 0 unspecified atom stereocenters. The van der Waals surface area contributed by atoms with Crippen molar-refractivity contribution in [3.63, 3.8) is 0 Å². The molecule has 2 rings (SSSR count). The summed E-state index contributed by atoms with van der Waals surface area (Å²) in [6.07, 6.45) is 1.44. The van der Waals surface area contributed by atoms with Crippen molar-refractivity contribution in [3.05, 3.63) is 63.8 Å². The summed E-state index contributed by atoms with van der Waals surface area (Å²) in [5, 5.41) is 13.5. The molecule has 0 aliphatic rings. The molecule has 108 valence electrons. The normalized spacial score (nSPS) is 9.95. The molecule has 0 saturated heterocycles. The number of para-hydroxylation sites is 1. The monoisotopic (exact) mass is 287 g/mol. The molecule has 4 N–H and O–H groups in total. The topological polar surface area (TPSA) is 123 Å². The largest absolute Gasteiger partial charge is 0.348 e. The number of amides is 1. The van der Waals surface area contributed by atoms with Crippen LogP contribution >= 0.6 is 0 Å². The Labute approximate surface area is 120 Å². The molecule has 0 aliphatic carbocycles. The Balaban J connectivity index is 2.09. The standard InChI is InChI=1S/C13H13N5O3/c14-17-12-7-9(5-6-15-12)13(19)16-8-10-3-1-2-4-11(10)18(20)21/h1-7H,8,14H2,(H,15,17)(H,16,19). The minimum Gasteiger partial charge on any atom is -0.348 e. The second-order valence-electron chi connectivity index (χ2n) is 4.14. The number of carbonyl (C=O) groups excluding carboxylic acids is 1. The van der Waals surface area contributed by atoms with Crippen molar-refractivity contribution in [3.8, 4) is 0 Å². The van der Waals surface area contributed by atoms with Crippen molar-refractivity contribution in [2.75, 3.05) is 5.43 Å². The molecular formula is C13H13N5O3. The highest BCUT2D eigenvalue weighted by Gasteiger charge is 2.13. The van der Waals surface area contributed by atoms with Crippen molar-refractivity contribution in [2.24, 2.45) is 5.84 Å². The number of hydrazine groups is 1. The molecule has 0 radical (unpaired) electrons. The number of benzene rings is 1. The highest BCUT2D eigenvalue weighted by Crippen LogP contribution is 2.17. The number of anilines is 1. The van der Waals surface area contributed by atoms with Gasteiger partial charge in [0.25, 0.3) is 11.6 Å². The van der Waals surface area contributed by atoms with E-state index in [1.807, 2.05) is 0 Å². The lowest BCUT2D eigenvalue weighted by atomic mass is 10.1. The smallest absolute Gasteiger partial charge is 0.274 e. The quantitative estimate of drug-likeness (QED) is 0.431. The third-order valence-electron chi connectivity index (χ3n) is 2.80. The number of rotatable bonds is 5. The van der Waals surface area contributed by atoms with Gasteiger partial charge in [0.2, 0.25) is 0 Å². The number of nitrogens with two attached hydrogens (primary N) is 1. The van der Waals surface area contributed by atoms with Gasteiger partial charge in [0.15, 0.2) is 0 Å². The van der Waals surface area contributed by atoms with E-state index in [9.17, 15) is 14.9 Å². The summed E-state index contributed by atoms with van der Waals surface area (Å²) in [6, 6.07) is 9.25. The lowest BCUT2D eigenvalue weighted by Crippen LogP contribution is -2.23. The van der Waals surface area contributed by atoms with Gasteiger partial charge in [-0.25, -0.2) is 10.8 Å². The van der Waals surface area contributed by atoms with Crippen LogP contribution in [0.4, 0.5) is 11.5 Å². The van der Waals surface area contributed by atoms with E-state index in [1.165, 1.54) is 24.4 Å². The summed E-state index contributed by atoms with van der Waals surface area (Å²) in [6.45, 7) is 0.0592. The zero-order valence-corrected chi connectivity index (χ0v) is 10.9. The van der Waals surface area contributed by atoms with E-state index >= 15 is 0 Å². The van der Waals surface area contributed by atoms with Gasteiger partial charge in [-0.15, -0.1) is 0 Å². The van der Waals surface area contributed by atoms with Gasteiger partial charge in [-0.2, -0.15) is 0 Å². The fourth-order valence-corrected chi connectivity index (χ4v) is 1.77. The van der Waals surface area contributed by atoms with Crippen molar-refractivity contribution in [1.29, 1.82) is 0 Å². The van der Waals surface area contributed by atoms with E-state index in [0.29, 0.717) is 16.9 Å². The van der Waals surface area contributed by atoms with Crippen LogP contribution in [0.25, 0.3) is 0 Å². The Bertz CT molecular complexity index is 674. The van der Waals surface area contributed by atoms with Crippen LogP contribution in [0, 0.1) is 10.1 Å². The molecule has 1 amide bonds. The number of nitro groups is 1. The molecule has 1 heterocycles. The van der Waals surface area contributed by atoms with Crippen LogP contribution in [0.15, 0.2) is 42.6 Å². The minimum absolute atomic E-state index is 0.0307. The fraction of sp³-hybridized carbons (Fsp3) is 0.0769. The molecule has 1 aromatic heterocycles. The SMILES string of the molecule is NNc1cc(C(=O)NCc2ccccc2[N+](=O)[O-])ccn1. The van der Waals surface area contributed by atoms with Gasteiger partial charge >= 0.3 is 0 Å². The number of aromatic nitrogens is 1. The van der Waals surface area contributed by atoms with Gasteiger partial charge in [-0.3, -0.25) is 14.9 Å². The van der Waals surface area contributed by atoms with E-state index in [2.05, 4.69) is 15.7 Å². The fourth-order valence-electron chi connectivity index (χ4n) is 1.77. The Hall–Kier alpha value is -3.00. The van der Waals surface area contributed by atoms with Crippen LogP contribution in [-0.4, -0.2) is 15.8 Å². The summed E-state index contributed by atoms with van der Waals surface area (Å²) in [7, 11) is 0. The van der Waals surface area contributed by atoms with Crippen LogP contribution in [0.5, 0.6) is 0 Å². The number of hydrogen-bond acceptors (Lipinski definition) is 6. The van der Waals surface area contributed by atoms with Gasteiger partial charge in [-0.05, 0) is 12.1 Å². The maximum atomic E-state index is 12.0. The van der Waals surface area contributed by atoms with Crippen LogP contribution < -0.4 is 16.6 Å². The second-order valence-corrected chi connectivity index (χ2v) is 4.14. The Kier molecular flexibility index (Phi) is 4.42. The minimum atomic E-state index is -0.482. The average Bonchev–Trinajstić information content (AvgIpc) is 2.52. The van der Waals surface area contributed by atoms with Crippen molar-refractivity contribution >= 4 is 17.4 Å². The Morgan fingerprint density at radius 1 is 1.33 bits per heavy atom. The van der Waals surface area contributed by atoms with Crippen molar-refractivity contribution < 1.29 is 9.72 Å². The molecule has 2 aromatic rings. The zero-order valence-electron chi connectivity index (χ0n) is 10.9. The average molecular weight is 287 g/mol.